The second-order valence-electron chi connectivity index (χ2n) is 5.83. The maximum absolute atomic E-state index is 13.3. The summed E-state index contributed by atoms with van der Waals surface area (Å²) >= 11 is 0. The predicted octanol–water partition coefficient (Wildman–Crippen LogP) is 2.68. The van der Waals surface area contributed by atoms with E-state index in [1.54, 1.807) is 17.0 Å². The van der Waals surface area contributed by atoms with E-state index in [2.05, 4.69) is 11.0 Å². The summed E-state index contributed by atoms with van der Waals surface area (Å²) in [5.74, 6) is -0.503. The first-order valence-electron chi connectivity index (χ1n) is 7.70. The molecule has 0 unspecified atom stereocenters. The Morgan fingerprint density at radius 1 is 1.09 bits per heavy atom. The van der Waals surface area contributed by atoms with Crippen LogP contribution in [0, 0.1) is 12.7 Å². The molecule has 2 aromatic carbocycles. The molecule has 1 fully saturated rings. The normalized spacial score (nSPS) is 14.9. The van der Waals surface area contributed by atoms with Gasteiger partial charge in [0.25, 0.3) is 5.91 Å². The van der Waals surface area contributed by atoms with Crippen LogP contribution < -0.4 is 10.6 Å². The number of hydrogen-bond donors (Lipinski definition) is 1. The van der Waals surface area contributed by atoms with Crippen LogP contribution in [0.3, 0.4) is 0 Å². The minimum Gasteiger partial charge on any atom is -0.398 e. The molecule has 1 saturated heterocycles. The third-order valence-electron chi connectivity index (χ3n) is 4.27. The van der Waals surface area contributed by atoms with Gasteiger partial charge in [-0.25, -0.2) is 4.39 Å². The molecule has 2 aromatic rings. The van der Waals surface area contributed by atoms with Gasteiger partial charge in [0.1, 0.15) is 5.82 Å². The number of nitrogens with two attached hydrogens (primary N) is 1. The standard InChI is InChI=1S/C18H20FN3O/c1-13-5-6-16(12-17(13)20)21-7-9-22(10-8-21)18(23)14-3-2-4-15(19)11-14/h2-6,11-12H,7-10,20H2,1H3. The van der Waals surface area contributed by atoms with Crippen LogP contribution in [0.25, 0.3) is 0 Å². The summed E-state index contributed by atoms with van der Waals surface area (Å²) in [6, 6.07) is 11.9. The van der Waals surface area contributed by atoms with E-state index in [1.165, 1.54) is 12.1 Å². The lowest BCUT2D eigenvalue weighted by molar-refractivity contribution is 0.0746. The van der Waals surface area contributed by atoms with Crippen LogP contribution in [0.1, 0.15) is 15.9 Å². The van der Waals surface area contributed by atoms with Crippen LogP contribution in [-0.4, -0.2) is 37.0 Å². The maximum atomic E-state index is 13.3. The number of benzene rings is 2. The Labute approximate surface area is 135 Å². The molecule has 0 bridgehead atoms. The van der Waals surface area contributed by atoms with E-state index in [0.717, 1.165) is 30.0 Å². The van der Waals surface area contributed by atoms with Gasteiger partial charge in [-0.05, 0) is 42.8 Å². The zero-order valence-corrected chi connectivity index (χ0v) is 13.1. The number of carbonyl (C=O) groups excluding carboxylic acids is 1. The Hall–Kier alpha value is -2.56. The molecule has 1 aliphatic rings. The smallest absolute Gasteiger partial charge is 0.254 e. The number of amides is 1. The predicted molar refractivity (Wildman–Crippen MR) is 90.1 cm³/mol. The van der Waals surface area contributed by atoms with Crippen LogP contribution in [0.5, 0.6) is 0 Å². The fourth-order valence-corrected chi connectivity index (χ4v) is 2.80. The van der Waals surface area contributed by atoms with Crippen molar-refractivity contribution in [2.45, 2.75) is 6.92 Å². The Kier molecular flexibility index (Phi) is 4.19. The van der Waals surface area contributed by atoms with Gasteiger partial charge >= 0.3 is 0 Å². The summed E-state index contributed by atoms with van der Waals surface area (Å²) in [6.45, 7) is 4.69. The molecule has 1 heterocycles. The highest BCUT2D eigenvalue weighted by Gasteiger charge is 2.22. The highest BCUT2D eigenvalue weighted by Crippen LogP contribution is 2.22. The van der Waals surface area contributed by atoms with Crippen LogP contribution in [-0.2, 0) is 0 Å². The molecular weight excluding hydrogens is 293 g/mol. The van der Waals surface area contributed by atoms with Crippen LogP contribution in [0.4, 0.5) is 15.8 Å². The number of anilines is 2. The molecule has 0 aliphatic carbocycles. The SMILES string of the molecule is Cc1ccc(N2CCN(C(=O)c3cccc(F)c3)CC2)cc1N. The third-order valence-corrected chi connectivity index (χ3v) is 4.27. The highest BCUT2D eigenvalue weighted by atomic mass is 19.1. The Bertz CT molecular complexity index is 724. The van der Waals surface area contributed by atoms with Crippen molar-refractivity contribution in [1.82, 2.24) is 4.90 Å². The summed E-state index contributed by atoms with van der Waals surface area (Å²) in [5, 5.41) is 0. The first kappa shape index (κ1) is 15.3. The molecule has 0 atom stereocenters. The van der Waals surface area contributed by atoms with Crippen molar-refractivity contribution in [3.8, 4) is 0 Å². The third kappa shape index (κ3) is 3.28. The average molecular weight is 313 g/mol. The van der Waals surface area contributed by atoms with E-state index < -0.39 is 0 Å². The van der Waals surface area contributed by atoms with Gasteiger partial charge in [-0.2, -0.15) is 0 Å². The fourth-order valence-electron chi connectivity index (χ4n) is 2.80. The summed E-state index contributed by atoms with van der Waals surface area (Å²) in [5.41, 5.74) is 9.28. The average Bonchev–Trinajstić information content (AvgIpc) is 2.57. The van der Waals surface area contributed by atoms with Crippen LogP contribution in [0.15, 0.2) is 42.5 Å². The highest BCUT2D eigenvalue weighted by molar-refractivity contribution is 5.94. The van der Waals surface area contributed by atoms with Crippen molar-refractivity contribution in [2.75, 3.05) is 36.8 Å². The van der Waals surface area contributed by atoms with E-state index in [0.29, 0.717) is 18.7 Å². The first-order chi connectivity index (χ1) is 11.0. The first-order valence-corrected chi connectivity index (χ1v) is 7.70. The minimum atomic E-state index is -0.385. The molecule has 120 valence electrons. The van der Waals surface area contributed by atoms with Crippen molar-refractivity contribution in [2.24, 2.45) is 0 Å². The zero-order valence-electron chi connectivity index (χ0n) is 13.1. The Morgan fingerprint density at radius 3 is 2.48 bits per heavy atom. The van der Waals surface area contributed by atoms with Crippen molar-refractivity contribution in [3.63, 3.8) is 0 Å². The number of hydrogen-bond acceptors (Lipinski definition) is 3. The molecule has 0 spiro atoms. The molecule has 5 heteroatoms. The molecule has 2 N–H and O–H groups in total. The van der Waals surface area contributed by atoms with Gasteiger partial charge in [0.2, 0.25) is 0 Å². The summed E-state index contributed by atoms with van der Waals surface area (Å²) < 4.78 is 13.3. The van der Waals surface area contributed by atoms with E-state index >= 15 is 0 Å². The molecule has 0 aromatic heterocycles. The molecule has 0 saturated carbocycles. The second kappa shape index (κ2) is 6.28. The number of carbonyl (C=O) groups is 1. The lowest BCUT2D eigenvalue weighted by Gasteiger charge is -2.36. The van der Waals surface area contributed by atoms with Gasteiger partial charge in [-0.1, -0.05) is 12.1 Å². The van der Waals surface area contributed by atoms with E-state index in [1.807, 2.05) is 19.1 Å². The lowest BCUT2D eigenvalue weighted by atomic mass is 10.1. The minimum absolute atomic E-state index is 0.118. The maximum Gasteiger partial charge on any atom is 0.254 e. The number of nitrogens with zero attached hydrogens (tertiary/aromatic N) is 2. The molecule has 3 rings (SSSR count). The zero-order chi connectivity index (χ0) is 16.4. The van der Waals surface area contributed by atoms with Crippen molar-refractivity contribution in [1.29, 1.82) is 0 Å². The summed E-state index contributed by atoms with van der Waals surface area (Å²) in [6.07, 6.45) is 0. The van der Waals surface area contributed by atoms with Crippen molar-refractivity contribution in [3.05, 3.63) is 59.4 Å². The number of halogens is 1. The summed E-state index contributed by atoms with van der Waals surface area (Å²) in [4.78, 5) is 16.4. The Balaban J connectivity index is 1.66. The Morgan fingerprint density at radius 2 is 1.83 bits per heavy atom. The molecule has 4 nitrogen and oxygen atoms in total. The van der Waals surface area contributed by atoms with Gasteiger partial charge in [-0.3, -0.25) is 4.79 Å². The number of aryl methyl sites for hydroxylation is 1. The monoisotopic (exact) mass is 313 g/mol. The summed E-state index contributed by atoms with van der Waals surface area (Å²) in [7, 11) is 0. The van der Waals surface area contributed by atoms with E-state index in [4.69, 9.17) is 5.73 Å². The lowest BCUT2D eigenvalue weighted by Crippen LogP contribution is -2.48. The van der Waals surface area contributed by atoms with Crippen molar-refractivity contribution >= 4 is 17.3 Å². The fraction of sp³-hybridized carbons (Fsp3) is 0.278. The molecule has 1 aliphatic heterocycles. The van der Waals surface area contributed by atoms with E-state index in [-0.39, 0.29) is 11.7 Å². The largest absolute Gasteiger partial charge is 0.398 e. The van der Waals surface area contributed by atoms with Crippen LogP contribution >= 0.6 is 0 Å². The molecule has 0 radical (unpaired) electrons. The van der Waals surface area contributed by atoms with Gasteiger partial charge in [0.05, 0.1) is 0 Å². The molecular formula is C18H20FN3O. The molecule has 1 amide bonds. The van der Waals surface area contributed by atoms with Crippen LogP contribution in [0.2, 0.25) is 0 Å². The topological polar surface area (TPSA) is 49.6 Å². The number of rotatable bonds is 2. The van der Waals surface area contributed by atoms with E-state index in [9.17, 15) is 9.18 Å². The second-order valence-corrected chi connectivity index (χ2v) is 5.83. The molecule has 23 heavy (non-hydrogen) atoms. The van der Waals surface area contributed by atoms with Crippen molar-refractivity contribution < 1.29 is 9.18 Å². The van der Waals surface area contributed by atoms with Gasteiger partial charge in [-0.15, -0.1) is 0 Å². The quantitative estimate of drug-likeness (QED) is 0.867. The van der Waals surface area contributed by atoms with Gasteiger partial charge in [0.15, 0.2) is 0 Å². The van der Waals surface area contributed by atoms with Gasteiger partial charge < -0.3 is 15.5 Å². The van der Waals surface area contributed by atoms with Gasteiger partial charge in [0, 0.05) is 43.1 Å². The number of piperazine rings is 1. The number of nitrogen functional groups attached to an aromatic ring is 1.